The first-order valence-corrected chi connectivity index (χ1v) is 6.09. The molecule has 0 bridgehead atoms. The summed E-state index contributed by atoms with van der Waals surface area (Å²) in [5, 5.41) is 10.3. The van der Waals surface area contributed by atoms with Crippen LogP contribution in [0.15, 0.2) is 36.4 Å². The van der Waals surface area contributed by atoms with Gasteiger partial charge in [-0.15, -0.1) is 0 Å². The van der Waals surface area contributed by atoms with E-state index in [1.807, 2.05) is 0 Å². The van der Waals surface area contributed by atoms with Crippen LogP contribution < -0.4 is 0 Å². The molecule has 0 radical (unpaired) electrons. The molecule has 0 fully saturated rings. The van der Waals surface area contributed by atoms with Crippen molar-refractivity contribution in [1.82, 2.24) is 4.98 Å². The molecule has 1 aromatic carbocycles. The molecule has 0 aliphatic rings. The third kappa shape index (κ3) is 2.82. The lowest BCUT2D eigenvalue weighted by Gasteiger charge is -2.19. The lowest BCUT2D eigenvalue weighted by Crippen LogP contribution is -2.13. The van der Waals surface area contributed by atoms with Crippen LogP contribution in [0.5, 0.6) is 0 Å². The van der Waals surface area contributed by atoms with Crippen molar-refractivity contribution in [3.05, 3.63) is 64.5 Å². The Labute approximate surface area is 114 Å². The van der Waals surface area contributed by atoms with E-state index in [0.717, 1.165) is 11.8 Å². The van der Waals surface area contributed by atoms with E-state index in [2.05, 4.69) is 4.98 Å². The second kappa shape index (κ2) is 5.25. The lowest BCUT2D eigenvalue weighted by atomic mass is 9.95. The first-order valence-electron chi connectivity index (χ1n) is 6.09. The van der Waals surface area contributed by atoms with Crippen molar-refractivity contribution in [2.45, 2.75) is 26.1 Å². The van der Waals surface area contributed by atoms with E-state index < -0.39 is 17.8 Å². The number of benzene rings is 1. The van der Waals surface area contributed by atoms with Crippen LogP contribution in [0.25, 0.3) is 0 Å². The molecule has 106 valence electrons. The highest BCUT2D eigenvalue weighted by Crippen LogP contribution is 2.36. The highest BCUT2D eigenvalue weighted by molar-refractivity contribution is 5.39. The Hall–Kier alpha value is -1.88. The number of aryl methyl sites for hydroxylation is 2. The molecule has 5 heteroatoms. The number of nitrogens with zero attached hydrogens (tertiary/aromatic N) is 1. The van der Waals surface area contributed by atoms with E-state index in [4.69, 9.17) is 0 Å². The number of pyridine rings is 1. The van der Waals surface area contributed by atoms with E-state index >= 15 is 0 Å². The highest BCUT2D eigenvalue weighted by atomic mass is 19.4. The molecule has 0 aliphatic carbocycles. The summed E-state index contributed by atoms with van der Waals surface area (Å²) in [4.78, 5) is 4.17. The quantitative estimate of drug-likeness (QED) is 0.908. The molecule has 0 aliphatic heterocycles. The molecule has 0 spiro atoms. The summed E-state index contributed by atoms with van der Waals surface area (Å²) < 4.78 is 38.9. The van der Waals surface area contributed by atoms with Gasteiger partial charge in [0.05, 0.1) is 5.56 Å². The summed E-state index contributed by atoms with van der Waals surface area (Å²) in [7, 11) is 0. The van der Waals surface area contributed by atoms with Gasteiger partial charge in [-0.05, 0) is 31.5 Å². The van der Waals surface area contributed by atoms with E-state index in [0.29, 0.717) is 11.3 Å². The summed E-state index contributed by atoms with van der Waals surface area (Å²) in [6, 6.07) is 8.31. The maximum Gasteiger partial charge on any atom is 0.416 e. The number of hydrogen-bond acceptors (Lipinski definition) is 2. The van der Waals surface area contributed by atoms with Crippen molar-refractivity contribution in [3.8, 4) is 0 Å². The number of halogens is 3. The zero-order chi connectivity index (χ0) is 14.9. The van der Waals surface area contributed by atoms with Crippen LogP contribution in [0.2, 0.25) is 0 Å². The zero-order valence-electron chi connectivity index (χ0n) is 11.1. The van der Waals surface area contributed by atoms with Crippen LogP contribution in [0, 0.1) is 13.8 Å². The predicted molar refractivity (Wildman–Crippen MR) is 69.2 cm³/mol. The standard InChI is InChI=1S/C15H14F3NO/c1-9-7-8-11(10(2)19-9)14(20)12-5-3-4-6-13(12)15(16,17)18/h3-8,14,20H,1-2H3. The molecule has 0 amide bonds. The SMILES string of the molecule is Cc1ccc(C(O)c2ccccc2C(F)(F)F)c(C)n1. The number of rotatable bonds is 2. The van der Waals surface area contributed by atoms with E-state index in [9.17, 15) is 18.3 Å². The molecule has 2 aromatic rings. The summed E-state index contributed by atoms with van der Waals surface area (Å²) in [5.41, 5.74) is 0.672. The minimum Gasteiger partial charge on any atom is -0.384 e. The first-order chi connectivity index (χ1) is 9.30. The average Bonchev–Trinajstić information content (AvgIpc) is 2.37. The van der Waals surface area contributed by atoms with Crippen molar-refractivity contribution >= 4 is 0 Å². The van der Waals surface area contributed by atoms with Crippen LogP contribution in [-0.2, 0) is 6.18 Å². The van der Waals surface area contributed by atoms with Gasteiger partial charge in [0.2, 0.25) is 0 Å². The fourth-order valence-electron chi connectivity index (χ4n) is 2.15. The largest absolute Gasteiger partial charge is 0.416 e. The molecule has 1 N–H and O–H groups in total. The Morgan fingerprint density at radius 3 is 2.25 bits per heavy atom. The fraction of sp³-hybridized carbons (Fsp3) is 0.267. The molecule has 2 nitrogen and oxygen atoms in total. The Bertz CT molecular complexity index is 623. The fourth-order valence-corrected chi connectivity index (χ4v) is 2.15. The lowest BCUT2D eigenvalue weighted by molar-refractivity contribution is -0.139. The smallest absolute Gasteiger partial charge is 0.384 e. The van der Waals surface area contributed by atoms with Gasteiger partial charge in [-0.25, -0.2) is 0 Å². The molecular weight excluding hydrogens is 267 g/mol. The van der Waals surface area contributed by atoms with Gasteiger partial charge in [0.15, 0.2) is 0 Å². The molecule has 1 unspecified atom stereocenters. The third-order valence-electron chi connectivity index (χ3n) is 3.12. The van der Waals surface area contributed by atoms with E-state index in [-0.39, 0.29) is 5.56 Å². The second-order valence-electron chi connectivity index (χ2n) is 4.61. The molecule has 1 heterocycles. The number of aliphatic hydroxyl groups is 1. The second-order valence-corrected chi connectivity index (χ2v) is 4.61. The summed E-state index contributed by atoms with van der Waals surface area (Å²) in [6.45, 7) is 3.45. The summed E-state index contributed by atoms with van der Waals surface area (Å²) in [5.74, 6) is 0. The van der Waals surface area contributed by atoms with Gasteiger partial charge in [0.1, 0.15) is 6.10 Å². The predicted octanol–water partition coefficient (Wildman–Crippen LogP) is 3.80. The number of alkyl halides is 3. The average molecular weight is 281 g/mol. The van der Waals surface area contributed by atoms with Gasteiger partial charge >= 0.3 is 6.18 Å². The van der Waals surface area contributed by atoms with Crippen LogP contribution in [0.4, 0.5) is 13.2 Å². The Balaban J connectivity index is 2.51. The van der Waals surface area contributed by atoms with Gasteiger partial charge in [0, 0.05) is 17.0 Å². The first kappa shape index (κ1) is 14.5. The van der Waals surface area contributed by atoms with E-state index in [1.54, 1.807) is 26.0 Å². The maximum atomic E-state index is 13.0. The van der Waals surface area contributed by atoms with Gasteiger partial charge in [-0.2, -0.15) is 13.2 Å². The Kier molecular flexibility index (Phi) is 3.81. The summed E-state index contributed by atoms with van der Waals surface area (Å²) in [6.07, 6.45) is -5.84. The minimum atomic E-state index is -4.50. The van der Waals surface area contributed by atoms with Crippen LogP contribution >= 0.6 is 0 Å². The molecule has 1 aromatic heterocycles. The highest BCUT2D eigenvalue weighted by Gasteiger charge is 2.35. The van der Waals surface area contributed by atoms with Crippen molar-refractivity contribution in [2.75, 3.05) is 0 Å². The third-order valence-corrected chi connectivity index (χ3v) is 3.12. The normalized spacial score (nSPS) is 13.3. The van der Waals surface area contributed by atoms with Crippen molar-refractivity contribution in [1.29, 1.82) is 0 Å². The monoisotopic (exact) mass is 281 g/mol. The molecule has 20 heavy (non-hydrogen) atoms. The van der Waals surface area contributed by atoms with Gasteiger partial charge < -0.3 is 5.11 Å². The van der Waals surface area contributed by atoms with Crippen LogP contribution in [0.1, 0.15) is 34.2 Å². The molecule has 1 atom stereocenters. The maximum absolute atomic E-state index is 13.0. The number of aromatic nitrogens is 1. The number of aliphatic hydroxyl groups excluding tert-OH is 1. The molecule has 0 saturated heterocycles. The zero-order valence-corrected chi connectivity index (χ0v) is 11.1. The Morgan fingerprint density at radius 2 is 1.65 bits per heavy atom. The molecule has 2 rings (SSSR count). The minimum absolute atomic E-state index is 0.159. The van der Waals surface area contributed by atoms with Crippen molar-refractivity contribution in [2.24, 2.45) is 0 Å². The molecular formula is C15H14F3NO. The van der Waals surface area contributed by atoms with Gasteiger partial charge in [-0.1, -0.05) is 24.3 Å². The van der Waals surface area contributed by atoms with E-state index in [1.165, 1.54) is 18.2 Å². The van der Waals surface area contributed by atoms with Gasteiger partial charge in [-0.3, -0.25) is 4.98 Å². The van der Waals surface area contributed by atoms with Gasteiger partial charge in [0.25, 0.3) is 0 Å². The number of hydrogen-bond donors (Lipinski definition) is 1. The van der Waals surface area contributed by atoms with Crippen molar-refractivity contribution < 1.29 is 18.3 Å². The van der Waals surface area contributed by atoms with Crippen molar-refractivity contribution in [3.63, 3.8) is 0 Å². The van der Waals surface area contributed by atoms with Crippen LogP contribution in [0.3, 0.4) is 0 Å². The molecule has 0 saturated carbocycles. The summed E-state index contributed by atoms with van der Waals surface area (Å²) >= 11 is 0. The Morgan fingerprint density at radius 1 is 1.00 bits per heavy atom. The topological polar surface area (TPSA) is 33.1 Å². The van der Waals surface area contributed by atoms with Crippen LogP contribution in [-0.4, -0.2) is 10.1 Å².